The number of carbonyl (C=O) groups is 2. The van der Waals surface area contributed by atoms with Gasteiger partial charge in [-0.2, -0.15) is 0 Å². The highest BCUT2D eigenvalue weighted by atomic mass is 35.5. The van der Waals surface area contributed by atoms with Gasteiger partial charge in [-0.15, -0.1) is 12.4 Å². The number of anilines is 1. The smallest absolute Gasteiger partial charge is 0.243 e. The minimum Gasteiger partial charge on any atom is -0.336 e. The molecule has 122 valence electrons. The molecule has 22 heavy (non-hydrogen) atoms. The third kappa shape index (κ3) is 5.31. The van der Waals surface area contributed by atoms with Crippen molar-refractivity contribution in [2.75, 3.05) is 32.0 Å². The Morgan fingerprint density at radius 2 is 1.82 bits per heavy atom. The van der Waals surface area contributed by atoms with Gasteiger partial charge in [0.15, 0.2) is 0 Å². The lowest BCUT2D eigenvalue weighted by Gasteiger charge is -2.26. The average molecular weight is 326 g/mol. The van der Waals surface area contributed by atoms with E-state index >= 15 is 0 Å². The van der Waals surface area contributed by atoms with Gasteiger partial charge in [0.2, 0.25) is 11.8 Å². The summed E-state index contributed by atoms with van der Waals surface area (Å²) in [6.07, 6.45) is 1.70. The number of likely N-dealkylation sites (N-methyl/N-ethyl adjacent to an activating group) is 1. The first-order chi connectivity index (χ1) is 10.1. The molecule has 0 aromatic heterocycles. The number of nitrogens with zero attached hydrogens (tertiary/aromatic N) is 1. The van der Waals surface area contributed by atoms with Crippen molar-refractivity contribution in [3.05, 3.63) is 29.8 Å². The average Bonchev–Trinajstić information content (AvgIpc) is 2.49. The molecule has 0 saturated carbocycles. The second-order valence-electron chi connectivity index (χ2n) is 5.63. The molecule has 2 amide bonds. The second kappa shape index (κ2) is 8.76. The number of hydrogen-bond acceptors (Lipinski definition) is 3. The quantitative estimate of drug-likeness (QED) is 0.887. The zero-order valence-electron chi connectivity index (χ0n) is 13.1. The van der Waals surface area contributed by atoms with Gasteiger partial charge < -0.3 is 15.5 Å². The van der Waals surface area contributed by atoms with Gasteiger partial charge >= 0.3 is 0 Å². The molecular weight excluding hydrogens is 302 g/mol. The number of aryl methyl sites for hydroxylation is 1. The first-order valence-electron chi connectivity index (χ1n) is 7.38. The zero-order chi connectivity index (χ0) is 15.2. The van der Waals surface area contributed by atoms with Crippen LogP contribution in [0, 0.1) is 12.8 Å². The molecule has 1 heterocycles. The van der Waals surface area contributed by atoms with Crippen molar-refractivity contribution < 1.29 is 9.59 Å². The van der Waals surface area contributed by atoms with Crippen LogP contribution in [0.1, 0.15) is 18.4 Å². The van der Waals surface area contributed by atoms with Crippen molar-refractivity contribution in [3.8, 4) is 0 Å². The molecule has 6 heteroatoms. The van der Waals surface area contributed by atoms with E-state index in [0.717, 1.165) is 37.2 Å². The molecule has 5 nitrogen and oxygen atoms in total. The van der Waals surface area contributed by atoms with Gasteiger partial charge in [0, 0.05) is 18.7 Å². The lowest BCUT2D eigenvalue weighted by Crippen LogP contribution is -2.42. The van der Waals surface area contributed by atoms with Crippen LogP contribution in [0.3, 0.4) is 0 Å². The summed E-state index contributed by atoms with van der Waals surface area (Å²) in [6, 6.07) is 7.61. The SMILES string of the molecule is Cc1ccc(NC(=O)CN(C)C(=O)C2CCNCC2)cc1.Cl. The van der Waals surface area contributed by atoms with E-state index in [9.17, 15) is 9.59 Å². The van der Waals surface area contributed by atoms with Gasteiger partial charge in [-0.05, 0) is 45.0 Å². The van der Waals surface area contributed by atoms with Gasteiger partial charge in [-0.25, -0.2) is 0 Å². The predicted octanol–water partition coefficient (Wildman–Crippen LogP) is 1.81. The van der Waals surface area contributed by atoms with Crippen LogP contribution < -0.4 is 10.6 Å². The molecular formula is C16H24ClN3O2. The number of amides is 2. The molecule has 0 bridgehead atoms. The third-order valence-corrected chi connectivity index (χ3v) is 3.78. The molecule has 2 rings (SSSR count). The number of benzene rings is 1. The maximum Gasteiger partial charge on any atom is 0.243 e. The summed E-state index contributed by atoms with van der Waals surface area (Å²) in [4.78, 5) is 25.8. The molecule has 0 unspecified atom stereocenters. The fourth-order valence-electron chi connectivity index (χ4n) is 2.51. The van der Waals surface area contributed by atoms with E-state index < -0.39 is 0 Å². The highest BCUT2D eigenvalue weighted by molar-refractivity contribution is 5.94. The molecule has 1 aromatic rings. The van der Waals surface area contributed by atoms with Gasteiger partial charge in [-0.3, -0.25) is 9.59 Å². The summed E-state index contributed by atoms with van der Waals surface area (Å²) in [7, 11) is 1.69. The molecule has 0 atom stereocenters. The highest BCUT2D eigenvalue weighted by Crippen LogP contribution is 2.14. The van der Waals surface area contributed by atoms with Gasteiger partial charge in [-0.1, -0.05) is 17.7 Å². The minimum atomic E-state index is -0.163. The Balaban J connectivity index is 0.00000242. The molecule has 0 spiro atoms. The van der Waals surface area contributed by atoms with E-state index in [0.29, 0.717) is 0 Å². The molecule has 0 radical (unpaired) electrons. The van der Waals surface area contributed by atoms with E-state index in [-0.39, 0.29) is 36.7 Å². The van der Waals surface area contributed by atoms with Gasteiger partial charge in [0.1, 0.15) is 0 Å². The molecule has 1 aliphatic heterocycles. The maximum absolute atomic E-state index is 12.2. The van der Waals surface area contributed by atoms with Crippen LogP contribution in [-0.4, -0.2) is 43.4 Å². The molecule has 1 aliphatic rings. The Morgan fingerprint density at radius 1 is 1.23 bits per heavy atom. The zero-order valence-corrected chi connectivity index (χ0v) is 13.9. The Bertz CT molecular complexity index is 499. The van der Waals surface area contributed by atoms with Crippen molar-refractivity contribution in [1.82, 2.24) is 10.2 Å². The Hall–Kier alpha value is -1.59. The Morgan fingerprint density at radius 3 is 2.41 bits per heavy atom. The summed E-state index contributed by atoms with van der Waals surface area (Å²) < 4.78 is 0. The molecule has 0 aliphatic carbocycles. The summed E-state index contributed by atoms with van der Waals surface area (Å²) in [5, 5.41) is 6.05. The Kier molecular flexibility index (Phi) is 7.35. The normalized spacial score (nSPS) is 14.8. The van der Waals surface area contributed by atoms with Crippen LogP contribution in [0.25, 0.3) is 0 Å². The van der Waals surface area contributed by atoms with E-state index in [4.69, 9.17) is 0 Å². The largest absolute Gasteiger partial charge is 0.336 e. The molecule has 1 aromatic carbocycles. The number of hydrogen-bond donors (Lipinski definition) is 2. The number of halogens is 1. The van der Waals surface area contributed by atoms with E-state index in [1.54, 1.807) is 7.05 Å². The van der Waals surface area contributed by atoms with E-state index in [2.05, 4.69) is 10.6 Å². The van der Waals surface area contributed by atoms with Crippen LogP contribution in [0.5, 0.6) is 0 Å². The van der Waals surface area contributed by atoms with Crippen molar-refractivity contribution >= 4 is 29.9 Å². The van der Waals surface area contributed by atoms with Crippen LogP contribution in [0.15, 0.2) is 24.3 Å². The summed E-state index contributed by atoms with van der Waals surface area (Å²) >= 11 is 0. The minimum absolute atomic E-state index is 0. The lowest BCUT2D eigenvalue weighted by atomic mass is 9.97. The number of rotatable bonds is 4. The lowest BCUT2D eigenvalue weighted by molar-refractivity contribution is -0.137. The third-order valence-electron chi connectivity index (χ3n) is 3.78. The molecule has 1 fully saturated rings. The van der Waals surface area contributed by atoms with Crippen molar-refractivity contribution in [3.63, 3.8) is 0 Å². The fourth-order valence-corrected chi connectivity index (χ4v) is 2.51. The van der Waals surface area contributed by atoms with E-state index in [1.807, 2.05) is 31.2 Å². The fraction of sp³-hybridized carbons (Fsp3) is 0.500. The number of nitrogens with one attached hydrogen (secondary N) is 2. The standard InChI is InChI=1S/C16H23N3O2.ClH/c1-12-3-5-14(6-4-12)18-15(20)11-19(2)16(21)13-7-9-17-10-8-13;/h3-6,13,17H,7-11H2,1-2H3,(H,18,20);1H. The molecule has 2 N–H and O–H groups in total. The van der Waals surface area contributed by atoms with Crippen molar-refractivity contribution in [2.24, 2.45) is 5.92 Å². The van der Waals surface area contributed by atoms with Crippen LogP contribution in [0.4, 0.5) is 5.69 Å². The number of carbonyl (C=O) groups excluding carboxylic acids is 2. The maximum atomic E-state index is 12.2. The van der Waals surface area contributed by atoms with Gasteiger partial charge in [0.05, 0.1) is 6.54 Å². The van der Waals surface area contributed by atoms with Crippen LogP contribution in [0.2, 0.25) is 0 Å². The first kappa shape index (κ1) is 18.5. The summed E-state index contributed by atoms with van der Waals surface area (Å²) in [5.74, 6) is -0.0531. The van der Waals surface area contributed by atoms with Crippen molar-refractivity contribution in [2.45, 2.75) is 19.8 Å². The Labute approximate surface area is 137 Å². The monoisotopic (exact) mass is 325 g/mol. The summed E-state index contributed by atoms with van der Waals surface area (Å²) in [5.41, 5.74) is 1.90. The van der Waals surface area contributed by atoms with Crippen molar-refractivity contribution in [1.29, 1.82) is 0 Å². The van der Waals surface area contributed by atoms with E-state index in [1.165, 1.54) is 4.90 Å². The molecule has 1 saturated heterocycles. The topological polar surface area (TPSA) is 61.4 Å². The van der Waals surface area contributed by atoms with Crippen LogP contribution in [-0.2, 0) is 9.59 Å². The van der Waals surface area contributed by atoms with Gasteiger partial charge in [0.25, 0.3) is 0 Å². The first-order valence-corrected chi connectivity index (χ1v) is 7.38. The summed E-state index contributed by atoms with van der Waals surface area (Å²) in [6.45, 7) is 3.84. The highest BCUT2D eigenvalue weighted by Gasteiger charge is 2.24. The predicted molar refractivity (Wildman–Crippen MR) is 90.3 cm³/mol. The second-order valence-corrected chi connectivity index (χ2v) is 5.63. The van der Waals surface area contributed by atoms with Crippen LogP contribution >= 0.6 is 12.4 Å². The number of piperidine rings is 1.